The molecular formula is C17H29N3O2. The molecule has 0 spiro atoms. The monoisotopic (exact) mass is 307 g/mol. The second-order valence-electron chi connectivity index (χ2n) is 6.15. The van der Waals surface area contributed by atoms with Crippen LogP contribution in [0.5, 0.6) is 0 Å². The third kappa shape index (κ3) is 7.41. The second-order valence-corrected chi connectivity index (χ2v) is 6.15. The summed E-state index contributed by atoms with van der Waals surface area (Å²) in [6, 6.07) is 6.95. The number of hydrogen-bond acceptors (Lipinski definition) is 4. The summed E-state index contributed by atoms with van der Waals surface area (Å²) in [5.41, 5.74) is 1.06. The minimum atomic E-state index is -0.375. The van der Waals surface area contributed by atoms with Gasteiger partial charge in [-0.25, -0.2) is 0 Å². The van der Waals surface area contributed by atoms with Crippen LogP contribution in [0.1, 0.15) is 46.5 Å². The van der Waals surface area contributed by atoms with E-state index in [9.17, 15) is 10.1 Å². The van der Waals surface area contributed by atoms with Gasteiger partial charge in [0.2, 0.25) is 0 Å². The minimum absolute atomic E-state index is 0.127. The zero-order valence-corrected chi connectivity index (χ0v) is 14.0. The third-order valence-electron chi connectivity index (χ3n) is 3.72. The first kappa shape index (κ1) is 18.4. The van der Waals surface area contributed by atoms with Crippen LogP contribution in [0.25, 0.3) is 0 Å². The Bertz CT molecular complexity index is 432. The highest BCUT2D eigenvalue weighted by Gasteiger charge is 2.08. The van der Waals surface area contributed by atoms with Crippen molar-refractivity contribution in [2.75, 3.05) is 18.4 Å². The zero-order valence-electron chi connectivity index (χ0n) is 14.0. The van der Waals surface area contributed by atoms with Gasteiger partial charge in [0.1, 0.15) is 0 Å². The Morgan fingerprint density at radius 3 is 2.41 bits per heavy atom. The number of nitro groups is 1. The maximum atomic E-state index is 10.6. The molecule has 1 rings (SSSR count). The number of anilines is 1. The lowest BCUT2D eigenvalue weighted by Crippen LogP contribution is -2.33. The van der Waals surface area contributed by atoms with Gasteiger partial charge in [0.25, 0.3) is 5.69 Å². The molecule has 1 unspecified atom stereocenters. The number of benzene rings is 1. The largest absolute Gasteiger partial charge is 0.381 e. The van der Waals surface area contributed by atoms with Gasteiger partial charge in [0.15, 0.2) is 0 Å². The molecule has 0 amide bonds. The number of non-ortho nitro benzene ring substituents is 1. The predicted octanol–water partition coefficient (Wildman–Crippen LogP) is 4.20. The topological polar surface area (TPSA) is 67.2 Å². The Labute approximate surface area is 133 Å². The molecule has 1 aromatic rings. The van der Waals surface area contributed by atoms with Crippen LogP contribution in [0.2, 0.25) is 0 Å². The lowest BCUT2D eigenvalue weighted by Gasteiger charge is -2.19. The Hall–Kier alpha value is -1.62. The van der Waals surface area contributed by atoms with E-state index in [0.717, 1.165) is 31.1 Å². The molecule has 0 aliphatic carbocycles. The average molecular weight is 307 g/mol. The molecule has 1 aromatic carbocycles. The zero-order chi connectivity index (χ0) is 16.4. The van der Waals surface area contributed by atoms with Crippen molar-refractivity contribution in [2.24, 2.45) is 5.92 Å². The van der Waals surface area contributed by atoms with Crippen LogP contribution in [-0.2, 0) is 0 Å². The average Bonchev–Trinajstić information content (AvgIpc) is 2.49. The van der Waals surface area contributed by atoms with Gasteiger partial charge in [-0.3, -0.25) is 10.1 Å². The van der Waals surface area contributed by atoms with E-state index in [0.29, 0.717) is 6.04 Å². The molecule has 0 aliphatic heterocycles. The molecule has 1 atom stereocenters. The number of nitrogens with one attached hydrogen (secondary N) is 2. The highest BCUT2D eigenvalue weighted by Crippen LogP contribution is 2.16. The van der Waals surface area contributed by atoms with Gasteiger partial charge < -0.3 is 10.6 Å². The van der Waals surface area contributed by atoms with Crippen LogP contribution in [0.4, 0.5) is 11.4 Å². The maximum absolute atomic E-state index is 10.6. The van der Waals surface area contributed by atoms with Crippen molar-refractivity contribution in [1.82, 2.24) is 5.32 Å². The number of hydrogen-bond donors (Lipinski definition) is 2. The van der Waals surface area contributed by atoms with Crippen LogP contribution >= 0.6 is 0 Å². The van der Waals surface area contributed by atoms with Crippen LogP contribution < -0.4 is 10.6 Å². The van der Waals surface area contributed by atoms with E-state index in [4.69, 9.17) is 0 Å². The molecule has 0 saturated carbocycles. The van der Waals surface area contributed by atoms with E-state index in [1.807, 2.05) is 0 Å². The van der Waals surface area contributed by atoms with Gasteiger partial charge in [0, 0.05) is 30.4 Å². The Morgan fingerprint density at radius 1 is 1.18 bits per heavy atom. The molecule has 5 heteroatoms. The van der Waals surface area contributed by atoms with Crippen LogP contribution in [-0.4, -0.2) is 24.1 Å². The van der Waals surface area contributed by atoms with Crippen molar-refractivity contribution in [3.8, 4) is 0 Å². The maximum Gasteiger partial charge on any atom is 0.269 e. The molecule has 0 heterocycles. The summed E-state index contributed by atoms with van der Waals surface area (Å²) >= 11 is 0. The molecule has 124 valence electrons. The highest BCUT2D eigenvalue weighted by atomic mass is 16.6. The van der Waals surface area contributed by atoms with Crippen molar-refractivity contribution in [1.29, 1.82) is 0 Å². The lowest BCUT2D eigenvalue weighted by molar-refractivity contribution is -0.384. The first-order chi connectivity index (χ1) is 10.5. The number of nitro benzene ring substituents is 1. The SMILES string of the molecule is CCC(CNCCCCC(C)C)Nc1ccc([N+](=O)[O-])cc1. The second kappa shape index (κ2) is 10.2. The Kier molecular flexibility index (Phi) is 8.51. The summed E-state index contributed by atoms with van der Waals surface area (Å²) in [6.45, 7) is 8.62. The van der Waals surface area contributed by atoms with Crippen LogP contribution in [0, 0.1) is 16.0 Å². The molecular weight excluding hydrogens is 278 g/mol. The predicted molar refractivity (Wildman–Crippen MR) is 92.4 cm³/mol. The minimum Gasteiger partial charge on any atom is -0.381 e. The van der Waals surface area contributed by atoms with Crippen molar-refractivity contribution in [2.45, 2.75) is 52.5 Å². The highest BCUT2D eigenvalue weighted by molar-refractivity contribution is 5.49. The van der Waals surface area contributed by atoms with E-state index in [2.05, 4.69) is 31.4 Å². The van der Waals surface area contributed by atoms with Gasteiger partial charge in [-0.2, -0.15) is 0 Å². The lowest BCUT2D eigenvalue weighted by atomic mass is 10.1. The molecule has 2 N–H and O–H groups in total. The van der Waals surface area contributed by atoms with E-state index in [-0.39, 0.29) is 10.6 Å². The summed E-state index contributed by atoms with van der Waals surface area (Å²) in [5, 5.41) is 17.5. The van der Waals surface area contributed by atoms with E-state index < -0.39 is 0 Å². The molecule has 22 heavy (non-hydrogen) atoms. The Morgan fingerprint density at radius 2 is 1.86 bits per heavy atom. The van der Waals surface area contributed by atoms with Crippen molar-refractivity contribution in [3.63, 3.8) is 0 Å². The van der Waals surface area contributed by atoms with Gasteiger partial charge in [-0.15, -0.1) is 0 Å². The summed E-state index contributed by atoms with van der Waals surface area (Å²) in [4.78, 5) is 10.3. The standard InChI is InChI=1S/C17H29N3O2/c1-4-15(13-18-12-6-5-7-14(2)3)19-16-8-10-17(11-9-16)20(21)22/h8-11,14-15,18-19H,4-7,12-13H2,1-3H3. The summed E-state index contributed by atoms with van der Waals surface area (Å²) in [6.07, 6.45) is 4.79. The molecule has 0 fully saturated rings. The molecule has 0 saturated heterocycles. The molecule has 0 aromatic heterocycles. The van der Waals surface area contributed by atoms with E-state index in [1.54, 1.807) is 12.1 Å². The van der Waals surface area contributed by atoms with E-state index >= 15 is 0 Å². The number of unbranched alkanes of at least 4 members (excludes halogenated alkanes) is 1. The van der Waals surface area contributed by atoms with Gasteiger partial charge >= 0.3 is 0 Å². The normalized spacial score (nSPS) is 12.4. The first-order valence-corrected chi connectivity index (χ1v) is 8.24. The van der Waals surface area contributed by atoms with E-state index in [1.165, 1.54) is 31.4 Å². The van der Waals surface area contributed by atoms with Gasteiger partial charge in [0.05, 0.1) is 4.92 Å². The van der Waals surface area contributed by atoms with Crippen molar-refractivity contribution >= 4 is 11.4 Å². The quantitative estimate of drug-likeness (QED) is 0.365. The molecule has 5 nitrogen and oxygen atoms in total. The fourth-order valence-electron chi connectivity index (χ4n) is 2.29. The van der Waals surface area contributed by atoms with Gasteiger partial charge in [-0.1, -0.05) is 33.6 Å². The van der Waals surface area contributed by atoms with Crippen molar-refractivity contribution in [3.05, 3.63) is 34.4 Å². The fraction of sp³-hybridized carbons (Fsp3) is 0.647. The molecule has 0 radical (unpaired) electrons. The fourth-order valence-corrected chi connectivity index (χ4v) is 2.29. The first-order valence-electron chi connectivity index (χ1n) is 8.24. The smallest absolute Gasteiger partial charge is 0.269 e. The third-order valence-corrected chi connectivity index (χ3v) is 3.72. The Balaban J connectivity index is 2.28. The number of rotatable bonds is 11. The summed E-state index contributed by atoms with van der Waals surface area (Å²) in [7, 11) is 0. The summed E-state index contributed by atoms with van der Waals surface area (Å²) < 4.78 is 0. The number of nitrogens with zero attached hydrogens (tertiary/aromatic N) is 1. The van der Waals surface area contributed by atoms with Crippen LogP contribution in [0.3, 0.4) is 0 Å². The molecule has 0 bridgehead atoms. The summed E-state index contributed by atoms with van der Waals surface area (Å²) in [5.74, 6) is 0.784. The van der Waals surface area contributed by atoms with Gasteiger partial charge in [-0.05, 0) is 37.4 Å². The van der Waals surface area contributed by atoms with Crippen molar-refractivity contribution < 1.29 is 4.92 Å². The van der Waals surface area contributed by atoms with Crippen LogP contribution in [0.15, 0.2) is 24.3 Å². The molecule has 0 aliphatic rings.